The van der Waals surface area contributed by atoms with Crippen LogP contribution in [0.1, 0.15) is 45.4 Å². The molecule has 0 aromatic heterocycles. The third kappa shape index (κ3) is 1.98. The summed E-state index contributed by atoms with van der Waals surface area (Å²) in [7, 11) is 0. The normalized spacial score (nSPS) is 44.7. The van der Waals surface area contributed by atoms with Gasteiger partial charge in [-0.15, -0.1) is 0 Å². The van der Waals surface area contributed by atoms with Crippen LogP contribution in [0.2, 0.25) is 0 Å². The van der Waals surface area contributed by atoms with E-state index in [1.165, 1.54) is 26.2 Å². The molecule has 17 heavy (non-hydrogen) atoms. The SMILES string of the molecule is CC(F)COC(=O)C12CC3CC(CC(C3)C1)C2. The van der Waals surface area contributed by atoms with Crippen molar-refractivity contribution in [3.8, 4) is 0 Å². The molecular weight excluding hydrogens is 219 g/mol. The Labute approximate surface area is 102 Å². The fourth-order valence-corrected chi connectivity index (χ4v) is 4.70. The van der Waals surface area contributed by atoms with Crippen LogP contribution >= 0.6 is 0 Å². The molecule has 0 aromatic carbocycles. The minimum atomic E-state index is -1.05. The van der Waals surface area contributed by atoms with Gasteiger partial charge in [-0.05, 0) is 63.2 Å². The van der Waals surface area contributed by atoms with E-state index < -0.39 is 6.17 Å². The molecule has 1 unspecified atom stereocenters. The predicted octanol–water partition coefficient (Wildman–Crippen LogP) is 3.10. The fourth-order valence-electron chi connectivity index (χ4n) is 4.70. The summed E-state index contributed by atoms with van der Waals surface area (Å²) in [5.41, 5.74) is -0.233. The van der Waals surface area contributed by atoms with E-state index in [0.29, 0.717) is 0 Å². The maximum absolute atomic E-state index is 12.8. The van der Waals surface area contributed by atoms with E-state index in [1.807, 2.05) is 0 Å². The Morgan fingerprint density at radius 1 is 1.24 bits per heavy atom. The number of hydrogen-bond donors (Lipinski definition) is 0. The second-order valence-corrected chi connectivity index (χ2v) is 6.58. The van der Waals surface area contributed by atoms with E-state index in [0.717, 1.165) is 37.0 Å². The lowest BCUT2D eigenvalue weighted by molar-refractivity contribution is -0.173. The topological polar surface area (TPSA) is 26.3 Å². The first-order valence-corrected chi connectivity index (χ1v) is 6.89. The quantitative estimate of drug-likeness (QED) is 0.708. The summed E-state index contributed by atoms with van der Waals surface area (Å²) in [5.74, 6) is 2.09. The highest BCUT2D eigenvalue weighted by Crippen LogP contribution is 2.60. The van der Waals surface area contributed by atoms with Crippen LogP contribution in [0.15, 0.2) is 0 Å². The van der Waals surface area contributed by atoms with E-state index in [4.69, 9.17) is 4.74 Å². The molecule has 96 valence electrons. The van der Waals surface area contributed by atoms with Crippen molar-refractivity contribution in [2.75, 3.05) is 6.61 Å². The standard InChI is InChI=1S/C14H21FO2/c1-9(15)8-17-13(16)14-5-10-2-11(6-14)4-12(3-10)7-14/h9-12H,2-8H2,1H3. The number of alkyl halides is 1. The molecule has 0 aliphatic heterocycles. The van der Waals surface area contributed by atoms with Crippen molar-refractivity contribution >= 4 is 5.97 Å². The van der Waals surface area contributed by atoms with Gasteiger partial charge in [0.25, 0.3) is 0 Å². The summed E-state index contributed by atoms with van der Waals surface area (Å²) in [5, 5.41) is 0. The second-order valence-electron chi connectivity index (χ2n) is 6.58. The van der Waals surface area contributed by atoms with Crippen LogP contribution in [0.5, 0.6) is 0 Å². The maximum atomic E-state index is 12.8. The Kier molecular flexibility index (Phi) is 2.68. The average Bonchev–Trinajstić information content (AvgIpc) is 2.23. The Hall–Kier alpha value is -0.600. The summed E-state index contributed by atoms with van der Waals surface area (Å²) < 4.78 is 17.9. The predicted molar refractivity (Wildman–Crippen MR) is 62.1 cm³/mol. The van der Waals surface area contributed by atoms with E-state index in [-0.39, 0.29) is 18.0 Å². The minimum Gasteiger partial charge on any atom is -0.462 e. The van der Waals surface area contributed by atoms with Crippen LogP contribution in [0.3, 0.4) is 0 Å². The third-order valence-electron chi connectivity index (χ3n) is 4.92. The van der Waals surface area contributed by atoms with Crippen LogP contribution < -0.4 is 0 Å². The average molecular weight is 240 g/mol. The lowest BCUT2D eigenvalue weighted by atomic mass is 9.49. The van der Waals surface area contributed by atoms with Gasteiger partial charge in [0, 0.05) is 0 Å². The first-order valence-electron chi connectivity index (χ1n) is 6.89. The van der Waals surface area contributed by atoms with Gasteiger partial charge in [-0.25, -0.2) is 4.39 Å². The van der Waals surface area contributed by atoms with E-state index in [1.54, 1.807) is 0 Å². The molecule has 4 aliphatic rings. The highest BCUT2D eigenvalue weighted by molar-refractivity contribution is 5.77. The zero-order chi connectivity index (χ0) is 12.0. The zero-order valence-electron chi connectivity index (χ0n) is 10.5. The van der Waals surface area contributed by atoms with Crippen LogP contribution in [-0.4, -0.2) is 18.7 Å². The first kappa shape index (κ1) is 11.5. The van der Waals surface area contributed by atoms with Crippen molar-refractivity contribution in [1.82, 2.24) is 0 Å². The van der Waals surface area contributed by atoms with Gasteiger partial charge in [-0.2, -0.15) is 0 Å². The van der Waals surface area contributed by atoms with Crippen molar-refractivity contribution in [2.24, 2.45) is 23.2 Å². The molecule has 4 fully saturated rings. The maximum Gasteiger partial charge on any atom is 0.312 e. The number of rotatable bonds is 3. The lowest BCUT2D eigenvalue weighted by Crippen LogP contribution is -2.50. The smallest absolute Gasteiger partial charge is 0.312 e. The number of carbonyl (C=O) groups excluding carboxylic acids is 1. The number of hydrogen-bond acceptors (Lipinski definition) is 2. The summed E-state index contributed by atoms with van der Waals surface area (Å²) in [6, 6.07) is 0. The van der Waals surface area contributed by atoms with Crippen molar-refractivity contribution in [3.63, 3.8) is 0 Å². The third-order valence-corrected chi connectivity index (χ3v) is 4.92. The van der Waals surface area contributed by atoms with Gasteiger partial charge in [-0.3, -0.25) is 4.79 Å². The van der Waals surface area contributed by atoms with Gasteiger partial charge in [0.15, 0.2) is 0 Å². The zero-order valence-corrected chi connectivity index (χ0v) is 10.5. The molecule has 4 saturated carbocycles. The number of esters is 1. The molecule has 4 aliphatic carbocycles. The first-order chi connectivity index (χ1) is 8.07. The molecule has 0 heterocycles. The number of ether oxygens (including phenoxy) is 1. The van der Waals surface area contributed by atoms with E-state index >= 15 is 0 Å². The van der Waals surface area contributed by atoms with Crippen molar-refractivity contribution in [2.45, 2.75) is 51.6 Å². The second kappa shape index (κ2) is 3.96. The Morgan fingerprint density at radius 3 is 2.12 bits per heavy atom. The molecule has 1 atom stereocenters. The number of carbonyl (C=O) groups is 1. The summed E-state index contributed by atoms with van der Waals surface area (Å²) in [6.45, 7) is 1.37. The highest BCUT2D eigenvalue weighted by atomic mass is 19.1. The van der Waals surface area contributed by atoms with Gasteiger partial charge < -0.3 is 4.74 Å². The van der Waals surface area contributed by atoms with Crippen LogP contribution in [0, 0.1) is 23.2 Å². The molecule has 0 N–H and O–H groups in total. The number of halogens is 1. The van der Waals surface area contributed by atoms with Crippen LogP contribution in [0.4, 0.5) is 4.39 Å². The Balaban J connectivity index is 1.71. The minimum absolute atomic E-state index is 0.0689. The molecule has 0 radical (unpaired) electrons. The molecule has 3 heteroatoms. The van der Waals surface area contributed by atoms with Gasteiger partial charge in [-0.1, -0.05) is 0 Å². The molecular formula is C14H21FO2. The Morgan fingerprint density at radius 2 is 1.71 bits per heavy atom. The molecule has 0 amide bonds. The molecule has 2 nitrogen and oxygen atoms in total. The highest BCUT2D eigenvalue weighted by Gasteiger charge is 2.55. The van der Waals surface area contributed by atoms with Gasteiger partial charge in [0.1, 0.15) is 12.8 Å². The summed E-state index contributed by atoms with van der Waals surface area (Å²) in [6.07, 6.45) is 5.88. The molecule has 4 bridgehead atoms. The van der Waals surface area contributed by atoms with Crippen molar-refractivity contribution in [3.05, 3.63) is 0 Å². The summed E-state index contributed by atoms with van der Waals surface area (Å²) >= 11 is 0. The summed E-state index contributed by atoms with van der Waals surface area (Å²) in [4.78, 5) is 12.2. The van der Waals surface area contributed by atoms with Crippen molar-refractivity contribution < 1.29 is 13.9 Å². The molecule has 0 spiro atoms. The fraction of sp³-hybridized carbons (Fsp3) is 0.929. The van der Waals surface area contributed by atoms with Gasteiger partial charge >= 0.3 is 5.97 Å². The van der Waals surface area contributed by atoms with Crippen LogP contribution in [0.25, 0.3) is 0 Å². The van der Waals surface area contributed by atoms with Gasteiger partial charge in [0.2, 0.25) is 0 Å². The van der Waals surface area contributed by atoms with Gasteiger partial charge in [0.05, 0.1) is 5.41 Å². The largest absolute Gasteiger partial charge is 0.462 e. The van der Waals surface area contributed by atoms with E-state index in [9.17, 15) is 9.18 Å². The monoisotopic (exact) mass is 240 g/mol. The van der Waals surface area contributed by atoms with Crippen molar-refractivity contribution in [1.29, 1.82) is 0 Å². The lowest BCUT2D eigenvalue weighted by Gasteiger charge is -2.55. The molecule has 0 aromatic rings. The van der Waals surface area contributed by atoms with E-state index in [2.05, 4.69) is 0 Å². The molecule has 4 rings (SSSR count). The molecule has 0 saturated heterocycles. The van der Waals surface area contributed by atoms with Crippen LogP contribution in [-0.2, 0) is 9.53 Å². The Bertz CT molecular complexity index is 289.